The van der Waals surface area contributed by atoms with Gasteiger partial charge in [0.05, 0.1) is 0 Å². The third-order valence-electron chi connectivity index (χ3n) is 1.70. The van der Waals surface area contributed by atoms with E-state index >= 15 is 0 Å². The lowest BCUT2D eigenvalue weighted by Crippen LogP contribution is -1.97. The van der Waals surface area contributed by atoms with Crippen LogP contribution in [0.15, 0.2) is 36.0 Å². The van der Waals surface area contributed by atoms with Gasteiger partial charge in [-0.2, -0.15) is 4.39 Å². The van der Waals surface area contributed by atoms with Crippen molar-refractivity contribution >= 4 is 11.7 Å². The van der Waals surface area contributed by atoms with E-state index in [9.17, 15) is 9.18 Å². The average Bonchev–Trinajstić information content (AvgIpc) is 2.16. The van der Waals surface area contributed by atoms with E-state index in [4.69, 9.17) is 6.42 Å². The smallest absolute Gasteiger partial charge is 0.326 e. The minimum absolute atomic E-state index is 0.427. The summed E-state index contributed by atoms with van der Waals surface area (Å²) in [6.07, 6.45) is 6.10. The van der Waals surface area contributed by atoms with Crippen LogP contribution in [-0.2, 0) is 4.79 Å². The molecule has 15 heavy (non-hydrogen) atoms. The van der Waals surface area contributed by atoms with Gasteiger partial charge in [0.1, 0.15) is 0 Å². The van der Waals surface area contributed by atoms with E-state index in [1.807, 2.05) is 0 Å². The van der Waals surface area contributed by atoms with E-state index in [1.165, 1.54) is 0 Å². The highest BCUT2D eigenvalue weighted by atomic mass is 19.1. The molecule has 0 amide bonds. The van der Waals surface area contributed by atoms with Crippen molar-refractivity contribution < 1.29 is 9.18 Å². The highest BCUT2D eigenvalue weighted by molar-refractivity contribution is 5.82. The second kappa shape index (κ2) is 4.97. The molecule has 1 aromatic carbocycles. The summed E-state index contributed by atoms with van der Waals surface area (Å²) in [5.74, 6) is 2.48. The molecule has 0 heterocycles. The van der Waals surface area contributed by atoms with Crippen molar-refractivity contribution in [3.05, 3.63) is 41.6 Å². The Kier molecular flexibility index (Phi) is 3.64. The predicted molar refractivity (Wildman–Crippen MR) is 57.9 cm³/mol. The van der Waals surface area contributed by atoms with Gasteiger partial charge in [0.2, 0.25) is 0 Å². The normalized spacial score (nSPS) is 10.6. The maximum atomic E-state index is 12.0. The number of anilines is 1. The van der Waals surface area contributed by atoms with Crippen molar-refractivity contribution in [2.45, 2.75) is 6.92 Å². The summed E-state index contributed by atoms with van der Waals surface area (Å²) in [6.45, 7) is 1.60. The summed E-state index contributed by atoms with van der Waals surface area (Å²) in [7, 11) is 0. The van der Waals surface area contributed by atoms with Crippen LogP contribution in [0, 0.1) is 12.3 Å². The second-order valence-electron chi connectivity index (χ2n) is 2.98. The molecule has 0 aliphatic carbocycles. The van der Waals surface area contributed by atoms with E-state index in [0.29, 0.717) is 5.70 Å². The number of hydrogen-bond acceptors (Lipinski definition) is 2. The zero-order valence-corrected chi connectivity index (χ0v) is 8.25. The molecule has 0 fully saturated rings. The topological polar surface area (TPSA) is 29.1 Å². The van der Waals surface area contributed by atoms with Gasteiger partial charge in [-0.1, -0.05) is 12.0 Å². The van der Waals surface area contributed by atoms with Crippen LogP contribution in [0.2, 0.25) is 0 Å². The molecular formula is C12H10FNO. The molecule has 76 valence electrons. The second-order valence-corrected chi connectivity index (χ2v) is 2.98. The number of terminal acetylenes is 1. The van der Waals surface area contributed by atoms with E-state index in [0.717, 1.165) is 17.3 Å². The molecule has 0 unspecified atom stereocenters. The molecule has 1 rings (SSSR count). The van der Waals surface area contributed by atoms with Gasteiger partial charge in [-0.3, -0.25) is 4.79 Å². The van der Waals surface area contributed by atoms with Crippen LogP contribution < -0.4 is 5.32 Å². The Hall–Kier alpha value is -2.08. The third-order valence-corrected chi connectivity index (χ3v) is 1.70. The Morgan fingerprint density at radius 2 is 2.33 bits per heavy atom. The average molecular weight is 203 g/mol. The Morgan fingerprint density at radius 1 is 1.60 bits per heavy atom. The molecule has 1 aromatic rings. The van der Waals surface area contributed by atoms with Crippen molar-refractivity contribution in [1.82, 2.24) is 0 Å². The lowest BCUT2D eigenvalue weighted by atomic mass is 10.2. The number of carbonyl (C=O) groups excluding carboxylic acids is 1. The molecule has 3 heteroatoms. The number of nitrogens with one attached hydrogen (secondary N) is 1. The van der Waals surface area contributed by atoms with Crippen LogP contribution in [0.5, 0.6) is 0 Å². The first-order valence-corrected chi connectivity index (χ1v) is 4.33. The van der Waals surface area contributed by atoms with Gasteiger partial charge in [0.25, 0.3) is 0 Å². The molecule has 0 bridgehead atoms. The lowest BCUT2D eigenvalue weighted by molar-refractivity contribution is -0.124. The quantitative estimate of drug-likeness (QED) is 0.464. The van der Waals surface area contributed by atoms with E-state index in [1.54, 1.807) is 31.2 Å². The molecule has 0 aliphatic rings. The van der Waals surface area contributed by atoms with E-state index in [2.05, 4.69) is 11.2 Å². The molecule has 0 radical (unpaired) electrons. The molecule has 0 saturated heterocycles. The third kappa shape index (κ3) is 3.65. The SMILES string of the molecule is C#Cc1cccc(N/C(C)=C/C(=O)F)c1. The predicted octanol–water partition coefficient (Wildman–Crippen LogP) is 2.48. The van der Waals surface area contributed by atoms with Gasteiger partial charge >= 0.3 is 6.04 Å². The minimum atomic E-state index is -1.48. The summed E-state index contributed by atoms with van der Waals surface area (Å²) in [4.78, 5) is 10.2. The number of carbonyl (C=O) groups is 1. The van der Waals surface area contributed by atoms with Gasteiger partial charge in [-0.25, -0.2) is 0 Å². The van der Waals surface area contributed by atoms with Gasteiger partial charge in [0.15, 0.2) is 0 Å². The molecule has 0 spiro atoms. The zero-order chi connectivity index (χ0) is 11.3. The first kappa shape index (κ1) is 11.0. The van der Waals surface area contributed by atoms with Crippen LogP contribution in [0.3, 0.4) is 0 Å². The van der Waals surface area contributed by atoms with Gasteiger partial charge in [0, 0.05) is 23.0 Å². The Labute approximate surface area is 87.8 Å². The summed E-state index contributed by atoms with van der Waals surface area (Å²) in [6, 6.07) is 5.60. The van der Waals surface area contributed by atoms with Gasteiger partial charge in [-0.05, 0) is 25.1 Å². The summed E-state index contributed by atoms with van der Waals surface area (Å²) in [5.41, 5.74) is 1.87. The maximum absolute atomic E-state index is 12.0. The molecule has 0 aliphatic heterocycles. The fourth-order valence-electron chi connectivity index (χ4n) is 1.12. The first-order valence-electron chi connectivity index (χ1n) is 4.33. The molecule has 1 N–H and O–H groups in total. The molecule has 0 saturated carbocycles. The standard InChI is InChI=1S/C12H10FNO/c1-3-10-5-4-6-11(8-10)14-9(2)7-12(13)15/h1,4-8,14H,2H3/b9-7+. The largest absolute Gasteiger partial charge is 0.359 e. The monoisotopic (exact) mass is 203 g/mol. The fourth-order valence-corrected chi connectivity index (χ4v) is 1.12. The molecule has 0 aromatic heterocycles. The van der Waals surface area contributed by atoms with Crippen LogP contribution in [-0.4, -0.2) is 6.04 Å². The summed E-state index contributed by atoms with van der Waals surface area (Å²) < 4.78 is 12.0. The van der Waals surface area contributed by atoms with Crippen molar-refractivity contribution in [3.8, 4) is 12.3 Å². The van der Waals surface area contributed by atoms with Crippen molar-refractivity contribution in [3.63, 3.8) is 0 Å². The van der Waals surface area contributed by atoms with Gasteiger partial charge < -0.3 is 5.32 Å². The number of rotatable bonds is 3. The van der Waals surface area contributed by atoms with Crippen LogP contribution in [0.1, 0.15) is 12.5 Å². The summed E-state index contributed by atoms with van der Waals surface area (Å²) in [5, 5.41) is 2.85. The highest BCUT2D eigenvalue weighted by Gasteiger charge is 1.97. The minimum Gasteiger partial charge on any atom is -0.359 e. The number of benzene rings is 1. The molecule has 2 nitrogen and oxygen atoms in total. The number of halogens is 1. The fraction of sp³-hybridized carbons (Fsp3) is 0.0833. The van der Waals surface area contributed by atoms with Crippen molar-refractivity contribution in [2.75, 3.05) is 5.32 Å². The molecular weight excluding hydrogens is 193 g/mol. The molecule has 0 atom stereocenters. The number of hydrogen-bond donors (Lipinski definition) is 1. The number of allylic oxidation sites excluding steroid dienone is 2. The van der Waals surface area contributed by atoms with Crippen LogP contribution >= 0.6 is 0 Å². The van der Waals surface area contributed by atoms with Crippen molar-refractivity contribution in [1.29, 1.82) is 0 Å². The van der Waals surface area contributed by atoms with Crippen LogP contribution in [0.25, 0.3) is 0 Å². The zero-order valence-electron chi connectivity index (χ0n) is 8.25. The Morgan fingerprint density at radius 3 is 2.93 bits per heavy atom. The Bertz CT molecular complexity index is 443. The van der Waals surface area contributed by atoms with E-state index < -0.39 is 6.04 Å². The summed E-state index contributed by atoms with van der Waals surface area (Å²) >= 11 is 0. The maximum Gasteiger partial charge on any atom is 0.326 e. The van der Waals surface area contributed by atoms with Crippen molar-refractivity contribution in [2.24, 2.45) is 0 Å². The first-order chi connectivity index (χ1) is 7.11. The highest BCUT2D eigenvalue weighted by Crippen LogP contribution is 2.12. The van der Waals surface area contributed by atoms with E-state index in [-0.39, 0.29) is 0 Å². The Balaban J connectivity index is 2.82. The van der Waals surface area contributed by atoms with Gasteiger partial charge in [-0.15, -0.1) is 6.42 Å². The lowest BCUT2D eigenvalue weighted by Gasteiger charge is -2.05. The van der Waals surface area contributed by atoms with Crippen LogP contribution in [0.4, 0.5) is 10.1 Å².